The van der Waals surface area contributed by atoms with Crippen LogP contribution in [0.25, 0.3) is 0 Å². The molecule has 0 saturated carbocycles. The second-order valence-corrected chi connectivity index (χ2v) is 4.12. The normalized spacial score (nSPS) is 12.4. The summed E-state index contributed by atoms with van der Waals surface area (Å²) in [6, 6.07) is 4.09. The van der Waals surface area contributed by atoms with Gasteiger partial charge in [0.1, 0.15) is 5.82 Å². The van der Waals surface area contributed by atoms with Gasteiger partial charge < -0.3 is 11.1 Å². The first-order valence-corrected chi connectivity index (χ1v) is 5.55. The first-order chi connectivity index (χ1) is 8.09. The molecule has 0 amide bonds. The summed E-state index contributed by atoms with van der Waals surface area (Å²) in [5.41, 5.74) is 8.62. The molecule has 17 heavy (non-hydrogen) atoms. The Morgan fingerprint density at radius 2 is 2.24 bits per heavy atom. The van der Waals surface area contributed by atoms with Gasteiger partial charge in [0.05, 0.1) is 17.4 Å². The van der Waals surface area contributed by atoms with Crippen LogP contribution in [0.4, 0.5) is 11.5 Å². The first kappa shape index (κ1) is 11.4. The second-order valence-electron chi connectivity index (χ2n) is 4.12. The van der Waals surface area contributed by atoms with Crippen LogP contribution >= 0.6 is 0 Å². The molecule has 90 valence electrons. The van der Waals surface area contributed by atoms with E-state index in [1.807, 2.05) is 32.3 Å². The average molecular weight is 231 g/mol. The molecule has 1 unspecified atom stereocenters. The quantitative estimate of drug-likeness (QED) is 0.846. The summed E-state index contributed by atoms with van der Waals surface area (Å²) in [4.78, 5) is 4.10. The lowest BCUT2D eigenvalue weighted by Crippen LogP contribution is -2.11. The van der Waals surface area contributed by atoms with Gasteiger partial charge in [-0.1, -0.05) is 6.07 Å². The maximum atomic E-state index is 5.97. The van der Waals surface area contributed by atoms with Crippen LogP contribution in [0.2, 0.25) is 0 Å². The van der Waals surface area contributed by atoms with E-state index in [4.69, 9.17) is 5.73 Å². The lowest BCUT2D eigenvalue weighted by atomic mass is 10.1. The number of hydrogen-bond acceptors (Lipinski definition) is 4. The third kappa shape index (κ3) is 2.22. The Morgan fingerprint density at radius 1 is 1.47 bits per heavy atom. The highest BCUT2D eigenvalue weighted by Crippen LogP contribution is 2.25. The van der Waals surface area contributed by atoms with Crippen molar-refractivity contribution in [3.05, 3.63) is 35.8 Å². The lowest BCUT2D eigenvalue weighted by Gasteiger charge is -2.15. The first-order valence-electron chi connectivity index (χ1n) is 5.55. The Hall–Kier alpha value is -2.04. The highest BCUT2D eigenvalue weighted by atomic mass is 15.3. The van der Waals surface area contributed by atoms with E-state index in [1.54, 1.807) is 10.9 Å². The molecule has 0 aliphatic heterocycles. The smallest absolute Gasteiger partial charge is 0.148 e. The Bertz CT molecular complexity index is 503. The summed E-state index contributed by atoms with van der Waals surface area (Å²) in [7, 11) is 1.88. The van der Waals surface area contributed by atoms with Crippen LogP contribution in [-0.4, -0.2) is 14.8 Å². The van der Waals surface area contributed by atoms with Crippen LogP contribution in [0.5, 0.6) is 0 Å². The van der Waals surface area contributed by atoms with Gasteiger partial charge in [0, 0.05) is 19.4 Å². The molecule has 3 N–H and O–H groups in total. The molecule has 5 heteroatoms. The summed E-state index contributed by atoms with van der Waals surface area (Å²) < 4.78 is 1.76. The van der Waals surface area contributed by atoms with Crippen molar-refractivity contribution in [3.8, 4) is 0 Å². The van der Waals surface area contributed by atoms with E-state index in [0.29, 0.717) is 5.69 Å². The van der Waals surface area contributed by atoms with E-state index in [1.165, 1.54) is 0 Å². The zero-order valence-corrected chi connectivity index (χ0v) is 10.3. The second kappa shape index (κ2) is 4.45. The largest absolute Gasteiger partial charge is 0.394 e. The van der Waals surface area contributed by atoms with E-state index in [-0.39, 0.29) is 6.04 Å². The molecular formula is C12H17N5. The molecule has 0 saturated heterocycles. The van der Waals surface area contributed by atoms with Crippen molar-refractivity contribution in [1.82, 2.24) is 14.8 Å². The Kier molecular flexibility index (Phi) is 2.99. The lowest BCUT2D eigenvalue weighted by molar-refractivity contribution is 0.742. The topological polar surface area (TPSA) is 68.8 Å². The highest BCUT2D eigenvalue weighted by Gasteiger charge is 2.13. The van der Waals surface area contributed by atoms with E-state index in [2.05, 4.69) is 22.3 Å². The van der Waals surface area contributed by atoms with Gasteiger partial charge in [0.25, 0.3) is 0 Å². The van der Waals surface area contributed by atoms with Crippen molar-refractivity contribution < 1.29 is 0 Å². The number of anilines is 2. The molecule has 2 aromatic heterocycles. The molecule has 2 aromatic rings. The molecular weight excluding hydrogens is 214 g/mol. The molecule has 5 nitrogen and oxygen atoms in total. The third-order valence-electron chi connectivity index (χ3n) is 2.81. The summed E-state index contributed by atoms with van der Waals surface area (Å²) in [6.45, 7) is 3.97. The molecule has 2 rings (SSSR count). The molecule has 0 aliphatic carbocycles. The summed E-state index contributed by atoms with van der Waals surface area (Å²) in [5, 5.41) is 7.62. The van der Waals surface area contributed by atoms with E-state index < -0.39 is 0 Å². The van der Waals surface area contributed by atoms with Gasteiger partial charge >= 0.3 is 0 Å². The Morgan fingerprint density at radius 3 is 2.76 bits per heavy atom. The van der Waals surface area contributed by atoms with E-state index in [0.717, 1.165) is 17.1 Å². The molecule has 0 fully saturated rings. The highest BCUT2D eigenvalue weighted by molar-refractivity contribution is 5.65. The van der Waals surface area contributed by atoms with Crippen LogP contribution in [0.15, 0.2) is 24.5 Å². The van der Waals surface area contributed by atoms with E-state index in [9.17, 15) is 0 Å². The maximum absolute atomic E-state index is 5.97. The number of rotatable bonds is 3. The number of pyridine rings is 1. The van der Waals surface area contributed by atoms with Crippen molar-refractivity contribution in [1.29, 1.82) is 0 Å². The average Bonchev–Trinajstić information content (AvgIpc) is 2.57. The van der Waals surface area contributed by atoms with Crippen LogP contribution < -0.4 is 11.1 Å². The molecule has 0 aliphatic rings. The van der Waals surface area contributed by atoms with Crippen LogP contribution in [0, 0.1) is 6.92 Å². The molecule has 0 radical (unpaired) electrons. The number of nitrogens with zero attached hydrogens (tertiary/aromatic N) is 3. The number of aryl methyl sites for hydroxylation is 2. The van der Waals surface area contributed by atoms with Crippen molar-refractivity contribution in [2.24, 2.45) is 7.05 Å². The van der Waals surface area contributed by atoms with Gasteiger partial charge in [-0.05, 0) is 25.5 Å². The monoisotopic (exact) mass is 231 g/mol. The van der Waals surface area contributed by atoms with Gasteiger partial charge in [-0.25, -0.2) is 0 Å². The molecule has 2 heterocycles. The van der Waals surface area contributed by atoms with Crippen molar-refractivity contribution in [2.45, 2.75) is 19.9 Å². The Labute approximate surface area is 101 Å². The fourth-order valence-corrected chi connectivity index (χ4v) is 1.77. The fraction of sp³-hybridized carbons (Fsp3) is 0.333. The fourth-order valence-electron chi connectivity index (χ4n) is 1.77. The van der Waals surface area contributed by atoms with Gasteiger partial charge in [-0.15, -0.1) is 0 Å². The summed E-state index contributed by atoms with van der Waals surface area (Å²) >= 11 is 0. The van der Waals surface area contributed by atoms with Crippen molar-refractivity contribution in [2.75, 3.05) is 11.1 Å². The minimum atomic E-state index is 0.140. The van der Waals surface area contributed by atoms with E-state index >= 15 is 0 Å². The molecule has 0 aromatic carbocycles. The van der Waals surface area contributed by atoms with Crippen LogP contribution in [0.3, 0.4) is 0 Å². The number of hydrogen-bond donors (Lipinski definition) is 2. The number of nitrogens with two attached hydrogens (primary N) is 1. The van der Waals surface area contributed by atoms with Gasteiger partial charge in [-0.3, -0.25) is 9.67 Å². The van der Waals surface area contributed by atoms with Gasteiger partial charge in [0.15, 0.2) is 0 Å². The summed E-state index contributed by atoms with van der Waals surface area (Å²) in [6.07, 6.45) is 3.61. The summed E-state index contributed by atoms with van der Waals surface area (Å²) in [5.74, 6) is 0.846. The van der Waals surface area contributed by atoms with Crippen molar-refractivity contribution in [3.63, 3.8) is 0 Å². The standard InChI is InChI=1S/C12H17N5/c1-8(10-5-4-6-14-7-10)15-12-11(13)9(2)16-17(12)3/h4-8,15H,13H2,1-3H3. The molecule has 0 spiro atoms. The van der Waals surface area contributed by atoms with Gasteiger partial charge in [-0.2, -0.15) is 5.10 Å². The number of nitrogens with one attached hydrogen (secondary N) is 1. The predicted molar refractivity (Wildman–Crippen MR) is 68.6 cm³/mol. The SMILES string of the molecule is Cc1nn(C)c(NC(C)c2cccnc2)c1N. The zero-order valence-electron chi connectivity index (χ0n) is 10.3. The van der Waals surface area contributed by atoms with Crippen LogP contribution in [0.1, 0.15) is 24.2 Å². The maximum Gasteiger partial charge on any atom is 0.148 e. The molecule has 1 atom stereocenters. The third-order valence-corrected chi connectivity index (χ3v) is 2.81. The Balaban J connectivity index is 2.22. The number of nitrogen functional groups attached to an aromatic ring is 1. The van der Waals surface area contributed by atoms with Crippen LogP contribution in [-0.2, 0) is 7.05 Å². The molecule has 0 bridgehead atoms. The van der Waals surface area contributed by atoms with Crippen molar-refractivity contribution >= 4 is 11.5 Å². The minimum absolute atomic E-state index is 0.140. The zero-order chi connectivity index (χ0) is 12.4. The number of aromatic nitrogens is 3. The minimum Gasteiger partial charge on any atom is -0.394 e. The predicted octanol–water partition coefficient (Wildman–Crippen LogP) is 1.88. The van der Waals surface area contributed by atoms with Gasteiger partial charge in [0.2, 0.25) is 0 Å².